The number of nitrogen functional groups attached to an aromatic ring is 1. The van der Waals surface area contributed by atoms with Crippen LogP contribution in [0.5, 0.6) is 0 Å². The lowest BCUT2D eigenvalue weighted by atomic mass is 9.88. The number of aryl methyl sites for hydroxylation is 1. The number of carbonyl (C=O) groups excluding carboxylic acids is 4. The minimum absolute atomic E-state index is 0.0628. The van der Waals surface area contributed by atoms with Crippen LogP contribution >= 0.6 is 0 Å². The lowest BCUT2D eigenvalue weighted by Gasteiger charge is -2.21. The van der Waals surface area contributed by atoms with E-state index in [4.69, 9.17) is 5.73 Å². The Bertz CT molecular complexity index is 679. The van der Waals surface area contributed by atoms with Crippen molar-refractivity contribution < 1.29 is 19.2 Å². The quantitative estimate of drug-likeness (QED) is 0.497. The van der Waals surface area contributed by atoms with Crippen molar-refractivity contribution in [3.05, 3.63) is 28.8 Å². The zero-order valence-corrected chi connectivity index (χ0v) is 12.6. The number of nitrogens with two attached hydrogens (primary N) is 1. The summed E-state index contributed by atoms with van der Waals surface area (Å²) in [7, 11) is 0. The number of piperidine rings is 1. The molecule has 116 valence electrons. The molecule has 0 aromatic heterocycles. The van der Waals surface area contributed by atoms with E-state index in [1.807, 2.05) is 0 Å². The molecule has 1 fully saturated rings. The molecular weight excluding hydrogens is 284 g/mol. The molecule has 0 saturated carbocycles. The first-order chi connectivity index (χ1) is 10.3. The molecule has 0 spiro atoms. The summed E-state index contributed by atoms with van der Waals surface area (Å²) < 4.78 is 0. The number of Topliss-reactive ketones (excluding diaryl/α,β-unsaturated/α-hetero) is 2. The van der Waals surface area contributed by atoms with Gasteiger partial charge in [-0.3, -0.25) is 24.5 Å². The highest BCUT2D eigenvalue weighted by Gasteiger charge is 2.30. The predicted molar refractivity (Wildman–Crippen MR) is 80.4 cm³/mol. The Hall–Kier alpha value is -2.50. The highest BCUT2D eigenvalue weighted by Crippen LogP contribution is 2.25. The van der Waals surface area contributed by atoms with Crippen LogP contribution in [0.3, 0.4) is 0 Å². The summed E-state index contributed by atoms with van der Waals surface area (Å²) >= 11 is 0. The van der Waals surface area contributed by atoms with E-state index in [0.717, 1.165) is 5.56 Å². The molecule has 6 nitrogen and oxygen atoms in total. The minimum Gasteiger partial charge on any atom is -0.398 e. The van der Waals surface area contributed by atoms with Gasteiger partial charge >= 0.3 is 0 Å². The van der Waals surface area contributed by atoms with Crippen LogP contribution in [0.2, 0.25) is 0 Å². The summed E-state index contributed by atoms with van der Waals surface area (Å²) in [6.45, 7) is 3.16. The molecule has 1 aliphatic heterocycles. The monoisotopic (exact) mass is 302 g/mol. The van der Waals surface area contributed by atoms with Gasteiger partial charge in [0.25, 0.3) is 0 Å². The van der Waals surface area contributed by atoms with E-state index in [9.17, 15) is 19.2 Å². The van der Waals surface area contributed by atoms with Gasteiger partial charge in [-0.2, -0.15) is 0 Å². The molecule has 1 aromatic carbocycles. The summed E-state index contributed by atoms with van der Waals surface area (Å²) in [5.41, 5.74) is 7.37. The Labute approximate surface area is 128 Å². The van der Waals surface area contributed by atoms with Crippen LogP contribution in [0, 0.1) is 12.8 Å². The first-order valence-corrected chi connectivity index (χ1v) is 7.07. The third kappa shape index (κ3) is 3.21. The van der Waals surface area contributed by atoms with Gasteiger partial charge in [-0.25, -0.2) is 0 Å². The van der Waals surface area contributed by atoms with Crippen LogP contribution in [0.4, 0.5) is 5.69 Å². The number of ketones is 2. The Morgan fingerprint density at radius 2 is 2.00 bits per heavy atom. The number of hydrogen-bond acceptors (Lipinski definition) is 5. The van der Waals surface area contributed by atoms with Gasteiger partial charge in [0, 0.05) is 30.0 Å². The molecule has 3 N–H and O–H groups in total. The Kier molecular flexibility index (Phi) is 4.40. The van der Waals surface area contributed by atoms with Gasteiger partial charge in [0.05, 0.1) is 5.56 Å². The predicted octanol–water partition coefficient (Wildman–Crippen LogP) is 1.41. The number of imide groups is 1. The Morgan fingerprint density at radius 3 is 2.59 bits per heavy atom. The number of anilines is 1. The van der Waals surface area contributed by atoms with E-state index in [0.29, 0.717) is 6.42 Å². The second kappa shape index (κ2) is 6.09. The zero-order chi connectivity index (χ0) is 16.4. The smallest absolute Gasteiger partial charge is 0.230 e. The third-order valence-electron chi connectivity index (χ3n) is 3.76. The van der Waals surface area contributed by atoms with Crippen molar-refractivity contribution >= 4 is 29.1 Å². The summed E-state index contributed by atoms with van der Waals surface area (Å²) in [5, 5.41) is 2.22. The van der Waals surface area contributed by atoms with Crippen LogP contribution in [0.1, 0.15) is 52.5 Å². The highest BCUT2D eigenvalue weighted by molar-refractivity contribution is 6.12. The molecule has 1 aliphatic rings. The molecule has 22 heavy (non-hydrogen) atoms. The molecule has 0 bridgehead atoms. The van der Waals surface area contributed by atoms with Gasteiger partial charge in [0.1, 0.15) is 0 Å². The maximum atomic E-state index is 12.5. The fraction of sp³-hybridized carbons (Fsp3) is 0.375. The molecule has 0 radical (unpaired) electrons. The summed E-state index contributed by atoms with van der Waals surface area (Å²) in [6.07, 6.45) is 0.483. The van der Waals surface area contributed by atoms with Crippen LogP contribution in [-0.4, -0.2) is 23.4 Å². The second-order valence-corrected chi connectivity index (χ2v) is 5.61. The largest absolute Gasteiger partial charge is 0.398 e. The van der Waals surface area contributed by atoms with Crippen LogP contribution in [0.15, 0.2) is 12.1 Å². The third-order valence-corrected chi connectivity index (χ3v) is 3.76. The Morgan fingerprint density at radius 1 is 1.32 bits per heavy atom. The van der Waals surface area contributed by atoms with E-state index in [1.54, 1.807) is 19.1 Å². The summed E-state index contributed by atoms with van der Waals surface area (Å²) in [4.78, 5) is 47.1. The first-order valence-electron chi connectivity index (χ1n) is 7.07. The van der Waals surface area contributed by atoms with Crippen LogP contribution in [0.25, 0.3) is 0 Å². The van der Waals surface area contributed by atoms with E-state index in [2.05, 4.69) is 5.32 Å². The molecule has 6 heteroatoms. The molecule has 1 saturated heterocycles. The first kappa shape index (κ1) is 15.9. The van der Waals surface area contributed by atoms with Gasteiger partial charge in [-0.05, 0) is 38.0 Å². The van der Waals surface area contributed by atoms with E-state index >= 15 is 0 Å². The van der Waals surface area contributed by atoms with Gasteiger partial charge < -0.3 is 5.73 Å². The zero-order valence-electron chi connectivity index (χ0n) is 12.6. The van der Waals surface area contributed by atoms with E-state index in [-0.39, 0.29) is 47.1 Å². The van der Waals surface area contributed by atoms with E-state index < -0.39 is 11.8 Å². The number of amides is 2. The fourth-order valence-electron chi connectivity index (χ4n) is 2.66. The normalized spacial score (nSPS) is 18.0. The maximum absolute atomic E-state index is 12.5. The summed E-state index contributed by atoms with van der Waals surface area (Å²) in [6, 6.07) is 3.25. The second-order valence-electron chi connectivity index (χ2n) is 5.61. The van der Waals surface area contributed by atoms with Crippen molar-refractivity contribution in [2.75, 3.05) is 5.73 Å². The number of hydrogen-bond donors (Lipinski definition) is 2. The number of carbonyl (C=O) groups is 4. The van der Waals surface area contributed by atoms with Gasteiger partial charge in [-0.15, -0.1) is 0 Å². The van der Waals surface area contributed by atoms with Crippen LogP contribution < -0.4 is 11.1 Å². The number of nitrogens with one attached hydrogen (secondary N) is 1. The average Bonchev–Trinajstić information content (AvgIpc) is 2.40. The highest BCUT2D eigenvalue weighted by atomic mass is 16.2. The fourth-order valence-corrected chi connectivity index (χ4v) is 2.66. The van der Waals surface area contributed by atoms with Crippen LogP contribution in [-0.2, 0) is 9.59 Å². The molecule has 1 unspecified atom stereocenters. The van der Waals surface area contributed by atoms with Gasteiger partial charge in [-0.1, -0.05) is 0 Å². The van der Waals surface area contributed by atoms with Crippen molar-refractivity contribution in [2.24, 2.45) is 5.92 Å². The average molecular weight is 302 g/mol. The van der Waals surface area contributed by atoms with Crippen molar-refractivity contribution in [1.29, 1.82) is 0 Å². The lowest BCUT2D eigenvalue weighted by Crippen LogP contribution is -2.41. The molecule has 1 atom stereocenters. The Balaban J connectivity index is 2.28. The van der Waals surface area contributed by atoms with Crippen molar-refractivity contribution in [2.45, 2.75) is 33.1 Å². The van der Waals surface area contributed by atoms with Crippen molar-refractivity contribution in [1.82, 2.24) is 5.32 Å². The molecule has 2 rings (SSSR count). The van der Waals surface area contributed by atoms with Crippen molar-refractivity contribution in [3.8, 4) is 0 Å². The molecule has 2 amide bonds. The standard InChI is InChI=1S/C16H18N2O4/c1-8-5-11(9(2)19)15(12(17)6-8)13(20)7-10-3-4-14(21)18-16(10)22/h5-6,10H,3-4,7,17H2,1-2H3,(H,18,21,22). The molecule has 1 aromatic rings. The number of benzene rings is 1. The van der Waals surface area contributed by atoms with Gasteiger partial charge in [0.2, 0.25) is 11.8 Å². The minimum atomic E-state index is -0.564. The SMILES string of the molecule is CC(=O)c1cc(C)cc(N)c1C(=O)CC1CCC(=O)NC1=O. The van der Waals surface area contributed by atoms with Crippen molar-refractivity contribution in [3.63, 3.8) is 0 Å². The molecule has 1 heterocycles. The number of rotatable bonds is 4. The molecule has 0 aliphatic carbocycles. The maximum Gasteiger partial charge on any atom is 0.230 e. The topological polar surface area (TPSA) is 106 Å². The summed E-state index contributed by atoms with van der Waals surface area (Å²) in [5.74, 6) is -1.93. The molecular formula is C16H18N2O4. The lowest BCUT2D eigenvalue weighted by molar-refractivity contribution is -0.136. The van der Waals surface area contributed by atoms with E-state index in [1.165, 1.54) is 6.92 Å². The van der Waals surface area contributed by atoms with Gasteiger partial charge in [0.15, 0.2) is 11.6 Å².